The second kappa shape index (κ2) is 6.87. The molecule has 1 aromatic carbocycles. The number of nitrogens with zero attached hydrogens (tertiary/aromatic N) is 1. The van der Waals surface area contributed by atoms with Gasteiger partial charge < -0.3 is 10.2 Å². The Balaban J connectivity index is 0.00000180. The smallest absolute Gasteiger partial charge is 0.254 e. The number of carbonyl (C=O) groups excluding carboxylic acids is 1. The fourth-order valence-corrected chi connectivity index (χ4v) is 2.49. The molecule has 19 heavy (non-hydrogen) atoms. The van der Waals surface area contributed by atoms with Crippen molar-refractivity contribution >= 4 is 18.3 Å². The Bertz CT molecular complexity index is 453. The zero-order valence-electron chi connectivity index (χ0n) is 11.3. The van der Waals surface area contributed by atoms with Gasteiger partial charge in [-0.25, -0.2) is 4.39 Å². The topological polar surface area (TPSA) is 32.3 Å². The molecule has 0 saturated carbocycles. The van der Waals surface area contributed by atoms with Crippen LogP contribution in [0, 0.1) is 12.7 Å². The van der Waals surface area contributed by atoms with E-state index in [2.05, 4.69) is 5.32 Å². The van der Waals surface area contributed by atoms with Crippen LogP contribution in [0.25, 0.3) is 0 Å². The lowest BCUT2D eigenvalue weighted by molar-refractivity contribution is 0.0737. The molecule has 106 valence electrons. The molecule has 1 unspecified atom stereocenters. The molecule has 1 aromatic rings. The summed E-state index contributed by atoms with van der Waals surface area (Å²) in [6, 6.07) is 4.82. The minimum absolute atomic E-state index is 0. The third-order valence-corrected chi connectivity index (χ3v) is 3.48. The molecule has 1 fully saturated rings. The van der Waals surface area contributed by atoms with Crippen LogP contribution in [-0.2, 0) is 0 Å². The normalized spacial score (nSPS) is 18.3. The van der Waals surface area contributed by atoms with Gasteiger partial charge in [0, 0.05) is 24.7 Å². The van der Waals surface area contributed by atoms with Gasteiger partial charge in [0.25, 0.3) is 5.91 Å². The Kier molecular flexibility index (Phi) is 5.76. The largest absolute Gasteiger partial charge is 0.334 e. The fourth-order valence-electron chi connectivity index (χ4n) is 2.49. The van der Waals surface area contributed by atoms with Gasteiger partial charge in [0.05, 0.1) is 0 Å². The number of hydrogen-bond donors (Lipinski definition) is 1. The Morgan fingerprint density at radius 2 is 2.26 bits per heavy atom. The zero-order chi connectivity index (χ0) is 13.1. The van der Waals surface area contributed by atoms with Crippen LogP contribution in [0.4, 0.5) is 4.39 Å². The first kappa shape index (κ1) is 15.9. The summed E-state index contributed by atoms with van der Waals surface area (Å²) in [5.41, 5.74) is 1.10. The van der Waals surface area contributed by atoms with E-state index in [0.717, 1.165) is 25.9 Å². The average Bonchev–Trinajstić information content (AvgIpc) is 2.80. The van der Waals surface area contributed by atoms with Crippen LogP contribution in [0.3, 0.4) is 0 Å². The Hall–Kier alpha value is -1.13. The standard InChI is InChI=1S/C14H19FN2O.ClH/c1-10-8-11(5-6-13(10)15)14(18)17-7-3-4-12(17)9-16-2;/h5-6,8,12,16H,3-4,7,9H2,1-2H3;1H. The second-order valence-corrected chi connectivity index (χ2v) is 4.82. The molecule has 0 aliphatic carbocycles. The van der Waals surface area contributed by atoms with Crippen molar-refractivity contribution in [1.29, 1.82) is 0 Å². The molecule has 1 atom stereocenters. The van der Waals surface area contributed by atoms with E-state index in [0.29, 0.717) is 11.1 Å². The molecule has 0 aromatic heterocycles. The van der Waals surface area contributed by atoms with Gasteiger partial charge in [-0.15, -0.1) is 12.4 Å². The van der Waals surface area contributed by atoms with Crippen molar-refractivity contribution in [3.05, 3.63) is 35.1 Å². The molecule has 1 N–H and O–H groups in total. The first-order valence-electron chi connectivity index (χ1n) is 6.35. The SMILES string of the molecule is CNCC1CCCN1C(=O)c1ccc(F)c(C)c1.Cl. The number of nitrogens with one attached hydrogen (secondary N) is 1. The highest BCUT2D eigenvalue weighted by molar-refractivity contribution is 5.94. The highest BCUT2D eigenvalue weighted by atomic mass is 35.5. The summed E-state index contributed by atoms with van der Waals surface area (Å²) in [5, 5.41) is 3.11. The van der Waals surface area contributed by atoms with Crippen LogP contribution in [0.1, 0.15) is 28.8 Å². The molecule has 1 amide bonds. The van der Waals surface area contributed by atoms with Gasteiger partial charge >= 0.3 is 0 Å². The van der Waals surface area contributed by atoms with Crippen LogP contribution >= 0.6 is 12.4 Å². The molecule has 3 nitrogen and oxygen atoms in total. The molecular weight excluding hydrogens is 267 g/mol. The highest BCUT2D eigenvalue weighted by Crippen LogP contribution is 2.20. The molecule has 0 radical (unpaired) electrons. The van der Waals surface area contributed by atoms with Gasteiger partial charge in [-0.2, -0.15) is 0 Å². The van der Waals surface area contributed by atoms with Crippen molar-refractivity contribution in [2.75, 3.05) is 20.1 Å². The monoisotopic (exact) mass is 286 g/mol. The lowest BCUT2D eigenvalue weighted by atomic mass is 10.1. The third kappa shape index (κ3) is 3.45. The lowest BCUT2D eigenvalue weighted by Crippen LogP contribution is -2.40. The van der Waals surface area contributed by atoms with E-state index in [1.54, 1.807) is 19.1 Å². The van der Waals surface area contributed by atoms with E-state index >= 15 is 0 Å². The van der Waals surface area contributed by atoms with E-state index in [-0.39, 0.29) is 30.2 Å². The minimum Gasteiger partial charge on any atom is -0.334 e. The van der Waals surface area contributed by atoms with E-state index < -0.39 is 0 Å². The maximum absolute atomic E-state index is 13.2. The molecule has 0 bridgehead atoms. The summed E-state index contributed by atoms with van der Waals surface area (Å²) in [6.07, 6.45) is 2.07. The summed E-state index contributed by atoms with van der Waals surface area (Å²) in [6.45, 7) is 3.29. The number of likely N-dealkylation sites (N-methyl/N-ethyl adjacent to an activating group) is 1. The van der Waals surface area contributed by atoms with Crippen molar-refractivity contribution in [1.82, 2.24) is 10.2 Å². The number of halogens is 2. The maximum Gasteiger partial charge on any atom is 0.254 e. The number of benzene rings is 1. The van der Waals surface area contributed by atoms with Crippen molar-refractivity contribution in [3.8, 4) is 0 Å². The van der Waals surface area contributed by atoms with Crippen molar-refractivity contribution in [2.45, 2.75) is 25.8 Å². The minimum atomic E-state index is -0.264. The van der Waals surface area contributed by atoms with Crippen molar-refractivity contribution in [2.24, 2.45) is 0 Å². The number of aryl methyl sites for hydroxylation is 1. The predicted octanol–water partition coefficient (Wildman–Crippen LogP) is 2.38. The number of carbonyl (C=O) groups is 1. The quantitative estimate of drug-likeness (QED) is 0.925. The van der Waals surface area contributed by atoms with E-state index in [9.17, 15) is 9.18 Å². The molecule has 5 heteroatoms. The van der Waals surface area contributed by atoms with Gasteiger partial charge in [-0.05, 0) is 50.6 Å². The summed E-state index contributed by atoms with van der Waals surface area (Å²) in [7, 11) is 1.89. The van der Waals surface area contributed by atoms with Gasteiger partial charge in [-0.3, -0.25) is 4.79 Å². The number of likely N-dealkylation sites (tertiary alicyclic amines) is 1. The van der Waals surface area contributed by atoms with Crippen LogP contribution < -0.4 is 5.32 Å². The molecule has 0 spiro atoms. The number of amides is 1. The summed E-state index contributed by atoms with van der Waals surface area (Å²) in [4.78, 5) is 14.3. The van der Waals surface area contributed by atoms with Crippen LogP contribution in [0.2, 0.25) is 0 Å². The van der Waals surface area contributed by atoms with Gasteiger partial charge in [0.1, 0.15) is 5.82 Å². The molecule has 1 aliphatic heterocycles. The number of hydrogen-bond acceptors (Lipinski definition) is 2. The molecule has 1 aliphatic rings. The van der Waals surface area contributed by atoms with Gasteiger partial charge in [0.15, 0.2) is 0 Å². The predicted molar refractivity (Wildman–Crippen MR) is 76.4 cm³/mol. The summed E-state index contributed by atoms with van der Waals surface area (Å²) < 4.78 is 13.2. The summed E-state index contributed by atoms with van der Waals surface area (Å²) >= 11 is 0. The Labute approximate surface area is 119 Å². The van der Waals surface area contributed by atoms with Gasteiger partial charge in [0.2, 0.25) is 0 Å². The third-order valence-electron chi connectivity index (χ3n) is 3.48. The first-order valence-corrected chi connectivity index (χ1v) is 6.35. The maximum atomic E-state index is 13.2. The molecular formula is C14H20ClFN2O. The van der Waals surface area contributed by atoms with Crippen LogP contribution in [-0.4, -0.2) is 37.0 Å². The van der Waals surface area contributed by atoms with E-state index in [4.69, 9.17) is 0 Å². The second-order valence-electron chi connectivity index (χ2n) is 4.82. The van der Waals surface area contributed by atoms with E-state index in [1.807, 2.05) is 11.9 Å². The Morgan fingerprint density at radius 1 is 1.53 bits per heavy atom. The summed E-state index contributed by atoms with van der Waals surface area (Å²) in [5.74, 6) is -0.254. The Morgan fingerprint density at radius 3 is 2.89 bits per heavy atom. The highest BCUT2D eigenvalue weighted by Gasteiger charge is 2.28. The van der Waals surface area contributed by atoms with Crippen molar-refractivity contribution in [3.63, 3.8) is 0 Å². The van der Waals surface area contributed by atoms with Crippen LogP contribution in [0.15, 0.2) is 18.2 Å². The van der Waals surface area contributed by atoms with E-state index in [1.165, 1.54) is 6.07 Å². The van der Waals surface area contributed by atoms with Gasteiger partial charge in [-0.1, -0.05) is 0 Å². The fraction of sp³-hybridized carbons (Fsp3) is 0.500. The molecule has 1 saturated heterocycles. The lowest BCUT2D eigenvalue weighted by Gasteiger charge is -2.24. The zero-order valence-corrected chi connectivity index (χ0v) is 12.1. The average molecular weight is 287 g/mol. The molecule has 1 heterocycles. The first-order chi connectivity index (χ1) is 8.63. The van der Waals surface area contributed by atoms with Crippen molar-refractivity contribution < 1.29 is 9.18 Å². The molecule has 2 rings (SSSR count). The van der Waals surface area contributed by atoms with Crippen LogP contribution in [0.5, 0.6) is 0 Å². The number of rotatable bonds is 3.